The van der Waals surface area contributed by atoms with E-state index < -0.39 is 24.5 Å². The van der Waals surface area contributed by atoms with Gasteiger partial charge in [-0.3, -0.25) is 4.57 Å². The molecule has 0 amide bonds. The first-order valence-corrected chi connectivity index (χ1v) is 7.19. The Bertz CT molecular complexity index is 651. The zero-order chi connectivity index (χ0) is 15.1. The fourth-order valence-corrected chi connectivity index (χ4v) is 2.77. The van der Waals surface area contributed by atoms with Crippen LogP contribution in [0.15, 0.2) is 12.7 Å². The summed E-state index contributed by atoms with van der Waals surface area (Å²) >= 11 is 4.39. The molecule has 3 rings (SSSR count). The number of aliphatic hydroxyl groups is 2. The number of nitrogens with two attached hydrogens (primary N) is 1. The van der Waals surface area contributed by atoms with Crippen LogP contribution in [0.4, 0.5) is 5.82 Å². The summed E-state index contributed by atoms with van der Waals surface area (Å²) in [6.07, 6.45) is 0.0418. The van der Waals surface area contributed by atoms with Crippen molar-refractivity contribution in [2.75, 3.05) is 5.73 Å². The molecule has 8 nitrogen and oxygen atoms in total. The predicted molar refractivity (Wildman–Crippen MR) is 78.7 cm³/mol. The summed E-state index contributed by atoms with van der Waals surface area (Å²) in [4.78, 5) is 12.1. The van der Waals surface area contributed by atoms with E-state index in [0.717, 1.165) is 0 Å². The Kier molecular flexibility index (Phi) is 3.74. The topological polar surface area (TPSA) is 119 Å². The average molecular weight is 311 g/mol. The highest BCUT2D eigenvalue weighted by atomic mass is 32.1. The zero-order valence-corrected chi connectivity index (χ0v) is 12.3. The van der Waals surface area contributed by atoms with E-state index >= 15 is 0 Å². The van der Waals surface area contributed by atoms with Crippen LogP contribution in [0.3, 0.4) is 0 Å². The van der Waals surface area contributed by atoms with Crippen LogP contribution in [0.5, 0.6) is 0 Å². The molecule has 2 aromatic rings. The minimum atomic E-state index is -1.09. The molecule has 21 heavy (non-hydrogen) atoms. The first kappa shape index (κ1) is 14.5. The first-order chi connectivity index (χ1) is 10.0. The molecule has 1 aliphatic heterocycles. The van der Waals surface area contributed by atoms with Crippen molar-refractivity contribution >= 4 is 29.6 Å². The van der Waals surface area contributed by atoms with Gasteiger partial charge in [0.05, 0.1) is 6.33 Å². The molecule has 0 aromatic carbocycles. The molecule has 114 valence electrons. The van der Waals surface area contributed by atoms with Crippen LogP contribution in [-0.4, -0.2) is 53.3 Å². The Balaban J connectivity index is 1.98. The highest BCUT2D eigenvalue weighted by Crippen LogP contribution is 2.35. The van der Waals surface area contributed by atoms with Gasteiger partial charge >= 0.3 is 0 Å². The molecular formula is C12H17N5O3S. The number of imidazole rings is 1. The van der Waals surface area contributed by atoms with Crippen molar-refractivity contribution in [3.63, 3.8) is 0 Å². The minimum absolute atomic E-state index is 0.172. The van der Waals surface area contributed by atoms with Gasteiger partial charge in [0, 0.05) is 5.25 Å². The Labute approximate surface area is 126 Å². The van der Waals surface area contributed by atoms with Gasteiger partial charge in [0.15, 0.2) is 17.7 Å². The van der Waals surface area contributed by atoms with Gasteiger partial charge in [-0.05, 0) is 6.42 Å². The van der Waals surface area contributed by atoms with Gasteiger partial charge in [0.1, 0.15) is 30.2 Å². The van der Waals surface area contributed by atoms with E-state index in [1.54, 1.807) is 4.57 Å². The third kappa shape index (κ3) is 2.26. The lowest BCUT2D eigenvalue weighted by Gasteiger charge is -2.19. The summed E-state index contributed by atoms with van der Waals surface area (Å²) in [5.74, 6) is 0.254. The lowest BCUT2D eigenvalue weighted by Crippen LogP contribution is -2.36. The lowest BCUT2D eigenvalue weighted by molar-refractivity contribution is -0.0351. The second kappa shape index (κ2) is 5.41. The first-order valence-electron chi connectivity index (χ1n) is 6.67. The number of nitrogens with zero attached hydrogens (tertiary/aromatic N) is 4. The van der Waals surface area contributed by atoms with Crippen molar-refractivity contribution in [3.05, 3.63) is 12.7 Å². The number of aliphatic hydroxyl groups excluding tert-OH is 2. The quantitative estimate of drug-likeness (QED) is 0.576. The van der Waals surface area contributed by atoms with Gasteiger partial charge in [0.25, 0.3) is 0 Å². The highest BCUT2D eigenvalue weighted by molar-refractivity contribution is 7.81. The number of fused-ring (bicyclic) bond motifs is 1. The van der Waals surface area contributed by atoms with Crippen LogP contribution in [0.25, 0.3) is 11.2 Å². The number of thiol groups is 1. The second-order valence-electron chi connectivity index (χ2n) is 5.03. The Morgan fingerprint density at radius 2 is 2.14 bits per heavy atom. The van der Waals surface area contributed by atoms with E-state index in [1.807, 2.05) is 6.92 Å². The highest BCUT2D eigenvalue weighted by Gasteiger charge is 2.46. The number of anilines is 1. The van der Waals surface area contributed by atoms with E-state index in [2.05, 4.69) is 27.6 Å². The van der Waals surface area contributed by atoms with Gasteiger partial charge in [-0.15, -0.1) is 0 Å². The van der Waals surface area contributed by atoms with Gasteiger partial charge in [-0.1, -0.05) is 6.92 Å². The molecule has 9 heteroatoms. The number of rotatable bonds is 3. The Hall–Kier alpha value is -1.42. The molecule has 1 aliphatic rings. The summed E-state index contributed by atoms with van der Waals surface area (Å²) in [5.41, 5.74) is 6.62. The number of ether oxygens (including phenoxy) is 1. The fraction of sp³-hybridized carbons (Fsp3) is 0.583. The molecule has 4 N–H and O–H groups in total. The number of aromatic nitrogens is 4. The van der Waals surface area contributed by atoms with Crippen LogP contribution in [0.2, 0.25) is 0 Å². The van der Waals surface area contributed by atoms with Crippen LogP contribution < -0.4 is 5.73 Å². The zero-order valence-electron chi connectivity index (χ0n) is 11.4. The lowest BCUT2D eigenvalue weighted by atomic mass is 10.1. The maximum Gasteiger partial charge on any atom is 0.167 e. The summed E-state index contributed by atoms with van der Waals surface area (Å²) in [7, 11) is 0. The van der Waals surface area contributed by atoms with Crippen LogP contribution in [0.1, 0.15) is 19.6 Å². The SMILES string of the molecule is CCC(S)[C@H]1O[C@@H](n2cnc3c(N)ncnc32)[C@H](O)[C@@H]1O. The normalized spacial score (nSPS) is 30.9. The minimum Gasteiger partial charge on any atom is -0.387 e. The fourth-order valence-electron chi connectivity index (χ4n) is 2.52. The van der Waals surface area contributed by atoms with Gasteiger partial charge in [-0.25, -0.2) is 15.0 Å². The van der Waals surface area contributed by atoms with Crippen molar-refractivity contribution in [3.8, 4) is 0 Å². The molecule has 3 heterocycles. The summed E-state index contributed by atoms with van der Waals surface area (Å²) in [6, 6.07) is 0. The van der Waals surface area contributed by atoms with Crippen molar-refractivity contribution in [2.24, 2.45) is 0 Å². The third-order valence-electron chi connectivity index (χ3n) is 3.73. The maximum atomic E-state index is 10.2. The molecular weight excluding hydrogens is 294 g/mol. The van der Waals surface area contributed by atoms with Crippen molar-refractivity contribution in [1.29, 1.82) is 0 Å². The largest absolute Gasteiger partial charge is 0.387 e. The number of hydrogen-bond acceptors (Lipinski definition) is 8. The number of nitrogen functional groups attached to an aromatic ring is 1. The predicted octanol–water partition coefficient (Wildman–Crippen LogP) is -0.264. The number of hydrogen-bond donors (Lipinski definition) is 4. The van der Waals surface area contributed by atoms with Crippen molar-refractivity contribution in [2.45, 2.75) is 43.1 Å². The Morgan fingerprint density at radius 1 is 1.38 bits per heavy atom. The smallest absolute Gasteiger partial charge is 0.167 e. The van der Waals surface area contributed by atoms with Crippen LogP contribution >= 0.6 is 12.6 Å². The van der Waals surface area contributed by atoms with E-state index in [4.69, 9.17) is 10.5 Å². The van der Waals surface area contributed by atoms with Gasteiger partial charge < -0.3 is 20.7 Å². The van der Waals surface area contributed by atoms with Crippen LogP contribution in [-0.2, 0) is 4.74 Å². The molecule has 5 atom stereocenters. The molecule has 0 saturated carbocycles. The van der Waals surface area contributed by atoms with E-state index in [9.17, 15) is 10.2 Å². The van der Waals surface area contributed by atoms with Crippen molar-refractivity contribution in [1.82, 2.24) is 19.5 Å². The molecule has 1 unspecified atom stereocenters. The molecule has 1 fully saturated rings. The standard InChI is InChI=1S/C12H17N5O3S/c1-2-5(21)9-7(18)8(19)12(20-9)17-4-16-6-10(13)14-3-15-11(6)17/h3-5,7-9,12,18-19,21H,2H2,1H3,(H2,13,14,15)/t5?,7-,8+,9+,12+/m0/s1. The van der Waals surface area contributed by atoms with E-state index in [1.165, 1.54) is 12.7 Å². The Morgan fingerprint density at radius 3 is 2.86 bits per heavy atom. The maximum absolute atomic E-state index is 10.2. The van der Waals surface area contributed by atoms with Crippen molar-refractivity contribution < 1.29 is 14.9 Å². The average Bonchev–Trinajstić information content (AvgIpc) is 3.02. The molecule has 0 radical (unpaired) electrons. The van der Waals surface area contributed by atoms with E-state index in [0.29, 0.717) is 17.6 Å². The molecule has 0 bridgehead atoms. The second-order valence-corrected chi connectivity index (χ2v) is 5.69. The molecule has 2 aromatic heterocycles. The molecule has 1 saturated heterocycles. The summed E-state index contributed by atoms with van der Waals surface area (Å²) in [6.45, 7) is 1.94. The van der Waals surface area contributed by atoms with Crippen LogP contribution in [0, 0.1) is 0 Å². The monoisotopic (exact) mass is 311 g/mol. The molecule has 0 aliphatic carbocycles. The third-order valence-corrected chi connectivity index (χ3v) is 4.39. The molecule has 0 spiro atoms. The summed E-state index contributed by atoms with van der Waals surface area (Å²) < 4.78 is 7.33. The van der Waals surface area contributed by atoms with E-state index in [-0.39, 0.29) is 11.1 Å². The van der Waals surface area contributed by atoms with Gasteiger partial charge in [0.2, 0.25) is 0 Å². The van der Waals surface area contributed by atoms with Gasteiger partial charge in [-0.2, -0.15) is 12.6 Å². The summed E-state index contributed by atoms with van der Waals surface area (Å²) in [5, 5.41) is 20.2.